The maximum atomic E-state index is 12.2. The molecule has 110 valence electrons. The molecule has 20 heavy (non-hydrogen) atoms. The molecule has 0 saturated heterocycles. The molecule has 2 rings (SSSR count). The summed E-state index contributed by atoms with van der Waals surface area (Å²) in [5.41, 5.74) is 0. The largest absolute Gasteiger partial charge is 0.484 e. The lowest BCUT2D eigenvalue weighted by molar-refractivity contribution is -0.136. The van der Waals surface area contributed by atoms with E-state index in [9.17, 15) is 4.79 Å². The first kappa shape index (κ1) is 14.5. The van der Waals surface area contributed by atoms with Gasteiger partial charge in [0, 0.05) is 18.2 Å². The number of carbonyl (C=O) groups is 1. The summed E-state index contributed by atoms with van der Waals surface area (Å²) in [5, 5.41) is 0. The number of nitrogens with zero attached hydrogens (tertiary/aromatic N) is 1. The molecule has 0 N–H and O–H groups in total. The van der Waals surface area contributed by atoms with Crippen molar-refractivity contribution in [3.63, 3.8) is 0 Å². The minimum atomic E-state index is -0.0207. The van der Waals surface area contributed by atoms with Gasteiger partial charge in [0.15, 0.2) is 18.1 Å². The van der Waals surface area contributed by atoms with Crippen LogP contribution in [0.5, 0.6) is 17.2 Å². The van der Waals surface area contributed by atoms with Gasteiger partial charge in [-0.3, -0.25) is 4.79 Å². The maximum absolute atomic E-state index is 12.2. The number of benzene rings is 1. The van der Waals surface area contributed by atoms with Gasteiger partial charge in [0.2, 0.25) is 6.79 Å². The molecule has 5 nitrogen and oxygen atoms in total. The topological polar surface area (TPSA) is 48.0 Å². The third-order valence-electron chi connectivity index (χ3n) is 3.11. The van der Waals surface area contributed by atoms with Crippen LogP contribution in [0.3, 0.4) is 0 Å². The van der Waals surface area contributed by atoms with Crippen LogP contribution >= 0.6 is 0 Å². The van der Waals surface area contributed by atoms with Gasteiger partial charge >= 0.3 is 0 Å². The van der Waals surface area contributed by atoms with Crippen molar-refractivity contribution in [2.75, 3.05) is 13.4 Å². The first-order valence-corrected chi connectivity index (χ1v) is 6.82. The van der Waals surface area contributed by atoms with Crippen LogP contribution in [-0.2, 0) is 4.79 Å². The molecule has 0 radical (unpaired) electrons. The van der Waals surface area contributed by atoms with Gasteiger partial charge in [-0.05, 0) is 39.8 Å². The highest BCUT2D eigenvalue weighted by Gasteiger charge is 2.21. The summed E-state index contributed by atoms with van der Waals surface area (Å²) < 4.78 is 16.0. The minimum Gasteiger partial charge on any atom is -0.484 e. The Kier molecular flexibility index (Phi) is 4.37. The molecule has 5 heteroatoms. The van der Waals surface area contributed by atoms with Crippen molar-refractivity contribution in [2.24, 2.45) is 0 Å². The van der Waals surface area contributed by atoms with Gasteiger partial charge in [-0.1, -0.05) is 0 Å². The first-order valence-electron chi connectivity index (χ1n) is 6.82. The van der Waals surface area contributed by atoms with E-state index >= 15 is 0 Å². The summed E-state index contributed by atoms with van der Waals surface area (Å²) in [6.07, 6.45) is 0. The third kappa shape index (κ3) is 3.15. The number of ether oxygens (including phenoxy) is 3. The van der Waals surface area contributed by atoms with Crippen LogP contribution in [0.4, 0.5) is 0 Å². The molecule has 1 aromatic rings. The van der Waals surface area contributed by atoms with Crippen LogP contribution in [0, 0.1) is 0 Å². The second-order valence-electron chi connectivity index (χ2n) is 5.29. The van der Waals surface area contributed by atoms with E-state index in [0.717, 1.165) is 0 Å². The van der Waals surface area contributed by atoms with Crippen LogP contribution < -0.4 is 14.2 Å². The lowest BCUT2D eigenvalue weighted by Crippen LogP contribution is -2.44. The fourth-order valence-corrected chi connectivity index (χ4v) is 2.36. The molecule has 0 atom stereocenters. The lowest BCUT2D eigenvalue weighted by Gasteiger charge is -2.30. The minimum absolute atomic E-state index is 0.0207. The monoisotopic (exact) mass is 279 g/mol. The molecule has 1 amide bonds. The van der Waals surface area contributed by atoms with Crippen molar-refractivity contribution in [3.8, 4) is 17.2 Å². The number of carbonyl (C=O) groups excluding carboxylic acids is 1. The molecular formula is C15H21NO4. The number of rotatable bonds is 5. The smallest absolute Gasteiger partial charge is 0.260 e. The Morgan fingerprint density at radius 1 is 1.20 bits per heavy atom. The molecule has 0 unspecified atom stereocenters. The van der Waals surface area contributed by atoms with E-state index in [1.807, 2.05) is 32.6 Å². The zero-order valence-electron chi connectivity index (χ0n) is 12.4. The van der Waals surface area contributed by atoms with Crippen molar-refractivity contribution in [1.29, 1.82) is 0 Å². The molecule has 0 saturated carbocycles. The van der Waals surface area contributed by atoms with E-state index in [-0.39, 0.29) is 31.4 Å². The van der Waals surface area contributed by atoms with E-state index in [2.05, 4.69) is 0 Å². The predicted molar refractivity (Wildman–Crippen MR) is 75.2 cm³/mol. The average molecular weight is 279 g/mol. The number of hydrogen-bond donors (Lipinski definition) is 0. The molecule has 0 bridgehead atoms. The fourth-order valence-electron chi connectivity index (χ4n) is 2.36. The van der Waals surface area contributed by atoms with Crippen LogP contribution in [-0.4, -0.2) is 36.3 Å². The van der Waals surface area contributed by atoms with E-state index in [1.54, 1.807) is 18.2 Å². The van der Waals surface area contributed by atoms with E-state index in [4.69, 9.17) is 14.2 Å². The number of amides is 1. The van der Waals surface area contributed by atoms with Crippen molar-refractivity contribution >= 4 is 5.91 Å². The van der Waals surface area contributed by atoms with Gasteiger partial charge in [-0.2, -0.15) is 0 Å². The van der Waals surface area contributed by atoms with Crippen molar-refractivity contribution in [1.82, 2.24) is 4.90 Å². The summed E-state index contributed by atoms with van der Waals surface area (Å²) in [7, 11) is 0. The summed E-state index contributed by atoms with van der Waals surface area (Å²) >= 11 is 0. The lowest BCUT2D eigenvalue weighted by atomic mass is 10.2. The van der Waals surface area contributed by atoms with Crippen molar-refractivity contribution < 1.29 is 19.0 Å². The summed E-state index contributed by atoms with van der Waals surface area (Å²) in [6, 6.07) is 5.61. The molecule has 1 aliphatic rings. The molecule has 0 fully saturated rings. The molecule has 0 aromatic heterocycles. The van der Waals surface area contributed by atoms with E-state index in [1.165, 1.54) is 0 Å². The molecule has 1 heterocycles. The van der Waals surface area contributed by atoms with Crippen molar-refractivity contribution in [2.45, 2.75) is 39.8 Å². The Morgan fingerprint density at radius 3 is 2.50 bits per heavy atom. The molecule has 0 spiro atoms. The van der Waals surface area contributed by atoms with E-state index in [0.29, 0.717) is 17.2 Å². The quantitative estimate of drug-likeness (QED) is 0.830. The van der Waals surface area contributed by atoms with Gasteiger partial charge in [0.25, 0.3) is 5.91 Å². The second-order valence-corrected chi connectivity index (χ2v) is 5.29. The first-order chi connectivity index (χ1) is 9.49. The van der Waals surface area contributed by atoms with Gasteiger partial charge in [0.1, 0.15) is 5.75 Å². The van der Waals surface area contributed by atoms with Gasteiger partial charge in [0.05, 0.1) is 0 Å². The highest BCUT2D eigenvalue weighted by atomic mass is 16.7. The fraction of sp³-hybridized carbons (Fsp3) is 0.533. The maximum Gasteiger partial charge on any atom is 0.260 e. The number of fused-ring (bicyclic) bond motifs is 1. The zero-order chi connectivity index (χ0) is 14.7. The Balaban J connectivity index is 1.96. The van der Waals surface area contributed by atoms with Gasteiger partial charge in [-0.15, -0.1) is 0 Å². The van der Waals surface area contributed by atoms with Crippen LogP contribution in [0.1, 0.15) is 27.7 Å². The number of hydrogen-bond acceptors (Lipinski definition) is 4. The zero-order valence-corrected chi connectivity index (χ0v) is 12.4. The van der Waals surface area contributed by atoms with Gasteiger partial charge < -0.3 is 19.1 Å². The Morgan fingerprint density at radius 2 is 1.85 bits per heavy atom. The van der Waals surface area contributed by atoms with Crippen LogP contribution in [0.25, 0.3) is 0 Å². The van der Waals surface area contributed by atoms with Crippen molar-refractivity contribution in [3.05, 3.63) is 18.2 Å². The van der Waals surface area contributed by atoms with Crippen LogP contribution in [0.15, 0.2) is 18.2 Å². The predicted octanol–water partition coefficient (Wildman–Crippen LogP) is 2.44. The Hall–Kier alpha value is -1.91. The Labute approximate surface area is 119 Å². The van der Waals surface area contributed by atoms with Gasteiger partial charge in [-0.25, -0.2) is 0 Å². The molecule has 1 aromatic carbocycles. The average Bonchev–Trinajstić information content (AvgIpc) is 2.82. The van der Waals surface area contributed by atoms with Crippen LogP contribution in [0.2, 0.25) is 0 Å². The third-order valence-corrected chi connectivity index (χ3v) is 3.11. The second kappa shape index (κ2) is 6.03. The normalized spacial score (nSPS) is 12.9. The highest BCUT2D eigenvalue weighted by Crippen LogP contribution is 2.35. The van der Waals surface area contributed by atoms with E-state index < -0.39 is 0 Å². The molecule has 1 aliphatic heterocycles. The standard InChI is InChI=1S/C15H21NO4/c1-10(2)16(11(3)4)15(17)8-18-12-5-6-13-14(7-12)20-9-19-13/h5-7,10-11H,8-9H2,1-4H3. The Bertz CT molecular complexity index is 477. The summed E-state index contributed by atoms with van der Waals surface area (Å²) in [6.45, 7) is 8.25. The highest BCUT2D eigenvalue weighted by molar-refractivity contribution is 5.78. The molecule has 0 aliphatic carbocycles. The molecular weight excluding hydrogens is 258 g/mol. The summed E-state index contributed by atoms with van der Waals surface area (Å²) in [4.78, 5) is 14.0. The summed E-state index contributed by atoms with van der Waals surface area (Å²) in [5.74, 6) is 1.94. The SMILES string of the molecule is CC(C)N(C(=O)COc1ccc2c(c1)OCO2)C(C)C.